The quantitative estimate of drug-likeness (QED) is 0.244. The van der Waals surface area contributed by atoms with Crippen molar-refractivity contribution in [1.29, 1.82) is 0 Å². The van der Waals surface area contributed by atoms with Crippen molar-refractivity contribution in [2.24, 2.45) is 5.92 Å². The smallest absolute Gasteiger partial charge is 0.353 e. The van der Waals surface area contributed by atoms with Crippen molar-refractivity contribution in [2.45, 2.75) is 6.42 Å². The molecule has 0 aliphatic carbocycles. The van der Waals surface area contributed by atoms with Gasteiger partial charge in [0, 0.05) is 24.6 Å². The highest BCUT2D eigenvalue weighted by Crippen LogP contribution is 2.36. The fourth-order valence-electron chi connectivity index (χ4n) is 3.70. The van der Waals surface area contributed by atoms with Crippen molar-refractivity contribution in [1.82, 2.24) is 0 Å². The van der Waals surface area contributed by atoms with Crippen molar-refractivity contribution in [2.75, 3.05) is 32.3 Å². The fraction of sp³-hybridized carbons (Fsp3) is 0.231. The molecule has 0 N–H and O–H groups in total. The first-order chi connectivity index (χ1) is 17.4. The number of carbonyl (C=O) groups excluding carboxylic acids is 4. The van der Waals surface area contributed by atoms with Gasteiger partial charge in [-0.1, -0.05) is 6.07 Å². The Morgan fingerprint density at radius 2 is 1.75 bits per heavy atom. The summed E-state index contributed by atoms with van der Waals surface area (Å²) in [5, 5.41) is 1.77. The number of Topliss-reactive ketones (excluding diaryl/α,β-unsaturated/α-hetero) is 1. The van der Waals surface area contributed by atoms with Crippen LogP contribution in [-0.4, -0.2) is 51.0 Å². The minimum Gasteiger partial charge on any atom is -0.497 e. The van der Waals surface area contributed by atoms with Crippen LogP contribution in [0.15, 0.2) is 60.0 Å². The molecule has 1 fully saturated rings. The second kappa shape index (κ2) is 11.0. The number of carbonyl (C=O) groups is 4. The second-order valence-electron chi connectivity index (χ2n) is 7.87. The van der Waals surface area contributed by atoms with Gasteiger partial charge >= 0.3 is 11.9 Å². The predicted octanol–water partition coefficient (Wildman–Crippen LogP) is 3.76. The molecule has 2 heterocycles. The standard InChI is InChI=1S/C26H23NO8S/c1-32-19-9-10-20(22(13-19)33-2)27-14-17(12-24(27)29)25(30)34-15-21(28)16-5-7-18(8-6-16)35-26(31)23-4-3-11-36-23/h3-11,13,17H,12,14-15H2,1-2H3/t17-/m0/s1. The average Bonchev–Trinajstić information content (AvgIpc) is 3.57. The largest absolute Gasteiger partial charge is 0.497 e. The number of hydrogen-bond acceptors (Lipinski definition) is 9. The number of methoxy groups -OCH3 is 2. The van der Waals surface area contributed by atoms with E-state index >= 15 is 0 Å². The molecular weight excluding hydrogens is 486 g/mol. The molecule has 1 aliphatic heterocycles. The topological polar surface area (TPSA) is 108 Å². The molecule has 186 valence electrons. The number of benzene rings is 2. The zero-order chi connectivity index (χ0) is 25.7. The van der Waals surface area contributed by atoms with E-state index < -0.39 is 30.2 Å². The van der Waals surface area contributed by atoms with Gasteiger partial charge in [-0.2, -0.15) is 0 Å². The van der Waals surface area contributed by atoms with E-state index in [-0.39, 0.29) is 18.9 Å². The molecule has 2 aromatic carbocycles. The van der Waals surface area contributed by atoms with Gasteiger partial charge in [0.25, 0.3) is 0 Å². The van der Waals surface area contributed by atoms with Gasteiger partial charge in [-0.05, 0) is 47.8 Å². The molecule has 1 amide bonds. The zero-order valence-electron chi connectivity index (χ0n) is 19.6. The molecule has 10 heteroatoms. The molecule has 0 spiro atoms. The summed E-state index contributed by atoms with van der Waals surface area (Å²) >= 11 is 1.27. The monoisotopic (exact) mass is 509 g/mol. The Kier molecular flexibility index (Phi) is 7.65. The molecule has 3 aromatic rings. The highest BCUT2D eigenvalue weighted by molar-refractivity contribution is 7.12. The number of amides is 1. The minimum atomic E-state index is -0.712. The number of nitrogens with zero attached hydrogens (tertiary/aromatic N) is 1. The third kappa shape index (κ3) is 5.55. The molecule has 1 aliphatic rings. The Morgan fingerprint density at radius 3 is 2.42 bits per heavy atom. The van der Waals surface area contributed by atoms with Gasteiger partial charge in [-0.25, -0.2) is 4.79 Å². The number of ether oxygens (including phenoxy) is 4. The summed E-state index contributed by atoms with van der Waals surface area (Å²) in [5.74, 6) is -1.19. The molecule has 4 rings (SSSR count). The predicted molar refractivity (Wildman–Crippen MR) is 131 cm³/mol. The van der Waals surface area contributed by atoms with Crippen LogP contribution in [0.3, 0.4) is 0 Å². The highest BCUT2D eigenvalue weighted by atomic mass is 32.1. The van der Waals surface area contributed by atoms with E-state index in [0.29, 0.717) is 33.4 Å². The molecule has 1 saturated heterocycles. The van der Waals surface area contributed by atoms with Gasteiger partial charge in [0.15, 0.2) is 12.4 Å². The van der Waals surface area contributed by atoms with E-state index in [1.165, 1.54) is 54.7 Å². The van der Waals surface area contributed by atoms with Gasteiger partial charge < -0.3 is 23.8 Å². The number of thiophene rings is 1. The lowest BCUT2D eigenvalue weighted by molar-refractivity contribution is -0.147. The van der Waals surface area contributed by atoms with E-state index in [1.54, 1.807) is 35.7 Å². The molecule has 1 aromatic heterocycles. The average molecular weight is 510 g/mol. The van der Waals surface area contributed by atoms with E-state index in [1.807, 2.05) is 0 Å². The first-order valence-electron chi connectivity index (χ1n) is 11.0. The van der Waals surface area contributed by atoms with Crippen LogP contribution < -0.4 is 19.1 Å². The lowest BCUT2D eigenvalue weighted by Crippen LogP contribution is -2.27. The SMILES string of the molecule is COc1ccc(N2C[C@@H](C(=O)OCC(=O)c3ccc(OC(=O)c4cccs4)cc3)CC2=O)c(OC)c1. The first-order valence-corrected chi connectivity index (χ1v) is 11.9. The van der Waals surface area contributed by atoms with Crippen LogP contribution >= 0.6 is 11.3 Å². The van der Waals surface area contributed by atoms with Crippen molar-refractivity contribution >= 4 is 40.7 Å². The fourth-order valence-corrected chi connectivity index (χ4v) is 4.30. The van der Waals surface area contributed by atoms with Crippen LogP contribution in [0.1, 0.15) is 26.5 Å². The number of rotatable bonds is 9. The molecule has 9 nitrogen and oxygen atoms in total. The molecule has 36 heavy (non-hydrogen) atoms. The third-order valence-electron chi connectivity index (χ3n) is 5.59. The molecule has 0 unspecified atom stereocenters. The first kappa shape index (κ1) is 24.9. The summed E-state index contributed by atoms with van der Waals surface area (Å²) in [6, 6.07) is 14.4. The highest BCUT2D eigenvalue weighted by Gasteiger charge is 2.37. The van der Waals surface area contributed by atoms with Gasteiger partial charge in [0.2, 0.25) is 5.91 Å². The normalized spacial score (nSPS) is 14.9. The molecule has 1 atom stereocenters. The minimum absolute atomic E-state index is 0.0352. The van der Waals surface area contributed by atoms with Crippen molar-refractivity contribution in [3.05, 3.63) is 70.4 Å². The maximum Gasteiger partial charge on any atom is 0.353 e. The van der Waals surface area contributed by atoms with E-state index in [9.17, 15) is 19.2 Å². The van der Waals surface area contributed by atoms with Crippen molar-refractivity contribution in [3.63, 3.8) is 0 Å². The summed E-state index contributed by atoms with van der Waals surface area (Å²) < 4.78 is 21.0. The summed E-state index contributed by atoms with van der Waals surface area (Å²) in [6.45, 7) is -0.359. The van der Waals surface area contributed by atoms with Gasteiger partial charge in [-0.15, -0.1) is 11.3 Å². The van der Waals surface area contributed by atoms with E-state index in [2.05, 4.69) is 0 Å². The zero-order valence-corrected chi connectivity index (χ0v) is 20.4. The third-order valence-corrected chi connectivity index (χ3v) is 6.44. The summed E-state index contributed by atoms with van der Waals surface area (Å²) in [7, 11) is 3.01. The number of ketones is 1. The number of esters is 2. The van der Waals surface area contributed by atoms with Crippen LogP contribution in [0, 0.1) is 5.92 Å². The van der Waals surface area contributed by atoms with E-state index in [4.69, 9.17) is 18.9 Å². The Labute approximate surface area is 211 Å². The molecule has 0 bridgehead atoms. The van der Waals surface area contributed by atoms with Crippen LogP contribution in [0.25, 0.3) is 0 Å². The van der Waals surface area contributed by atoms with Gasteiger partial charge in [-0.3, -0.25) is 14.4 Å². The van der Waals surface area contributed by atoms with Crippen molar-refractivity contribution < 1.29 is 38.1 Å². The Balaban J connectivity index is 1.31. The Hall–Kier alpha value is -4.18. The number of anilines is 1. The molecule has 0 saturated carbocycles. The molecular formula is C26H23NO8S. The van der Waals surface area contributed by atoms with Gasteiger partial charge in [0.05, 0.1) is 25.8 Å². The summed E-state index contributed by atoms with van der Waals surface area (Å²) in [4.78, 5) is 51.6. The van der Waals surface area contributed by atoms with Crippen LogP contribution in [0.5, 0.6) is 17.2 Å². The van der Waals surface area contributed by atoms with Crippen LogP contribution in [0.2, 0.25) is 0 Å². The maximum absolute atomic E-state index is 12.6. The van der Waals surface area contributed by atoms with Crippen molar-refractivity contribution in [3.8, 4) is 17.2 Å². The lowest BCUT2D eigenvalue weighted by Gasteiger charge is -2.20. The van der Waals surface area contributed by atoms with Gasteiger partial charge in [0.1, 0.15) is 22.1 Å². The number of hydrogen-bond donors (Lipinski definition) is 0. The summed E-state index contributed by atoms with van der Waals surface area (Å²) in [5.41, 5.74) is 0.820. The molecule has 0 radical (unpaired) electrons. The second-order valence-corrected chi connectivity index (χ2v) is 8.81. The van der Waals surface area contributed by atoms with Crippen LogP contribution in [-0.2, 0) is 14.3 Å². The lowest BCUT2D eigenvalue weighted by atomic mass is 10.1. The van der Waals surface area contributed by atoms with E-state index in [0.717, 1.165) is 0 Å². The Morgan fingerprint density at radius 1 is 1.00 bits per heavy atom. The Bertz CT molecular complexity index is 1270. The summed E-state index contributed by atoms with van der Waals surface area (Å²) in [6.07, 6.45) is -0.0352. The maximum atomic E-state index is 12.6. The van der Waals surface area contributed by atoms with Crippen LogP contribution in [0.4, 0.5) is 5.69 Å².